The molecule has 1 amide bonds. The molecule has 4 atom stereocenters. The molecule has 0 aliphatic rings. The number of ether oxygens (including phenoxy) is 4. The van der Waals surface area contributed by atoms with Crippen molar-refractivity contribution in [3.05, 3.63) is 0 Å². The van der Waals surface area contributed by atoms with Crippen LogP contribution in [0, 0.1) is 0 Å². The van der Waals surface area contributed by atoms with Gasteiger partial charge in [-0.15, -0.1) is 0 Å². The molecule has 0 aromatic rings. The van der Waals surface area contributed by atoms with Gasteiger partial charge >= 0.3 is 23.9 Å². The number of carbonyl (C=O) groups is 6. The molecule has 0 unspecified atom stereocenters. The second-order valence-corrected chi connectivity index (χ2v) is 6.21. The predicted octanol–water partition coefficient (Wildman–Crippen LogP) is -1.36. The summed E-state index contributed by atoms with van der Waals surface area (Å²) in [6, 6.07) is 0. The van der Waals surface area contributed by atoms with Gasteiger partial charge in [-0.1, -0.05) is 0 Å². The number of Topliss-reactive ketones (excluding diaryl/α,β-unsaturated/α-hetero) is 1. The van der Waals surface area contributed by atoms with E-state index in [-0.39, 0.29) is 6.54 Å². The molecule has 0 aromatic heterocycles. The third kappa shape index (κ3) is 9.96. The van der Waals surface area contributed by atoms with E-state index < -0.39 is 60.0 Å². The van der Waals surface area contributed by atoms with Gasteiger partial charge in [-0.2, -0.15) is 0 Å². The van der Waals surface area contributed by atoms with Crippen LogP contribution in [0.2, 0.25) is 0 Å². The smallest absolute Gasteiger partial charge is 0.303 e. The molecule has 30 heavy (non-hydrogen) atoms. The molecule has 0 heterocycles. The zero-order valence-corrected chi connectivity index (χ0v) is 17.8. The third-order valence-corrected chi connectivity index (χ3v) is 3.44. The Labute approximate surface area is 173 Å². The lowest BCUT2D eigenvalue weighted by atomic mass is 9.98. The van der Waals surface area contributed by atoms with Crippen LogP contribution in [0.15, 0.2) is 0 Å². The maximum Gasteiger partial charge on any atom is 0.303 e. The number of rotatable bonds is 12. The van der Waals surface area contributed by atoms with Crippen molar-refractivity contribution in [2.24, 2.45) is 0 Å². The zero-order valence-electron chi connectivity index (χ0n) is 17.8. The monoisotopic (exact) mass is 432 g/mol. The Morgan fingerprint density at radius 3 is 1.40 bits per heavy atom. The van der Waals surface area contributed by atoms with Gasteiger partial charge in [-0.3, -0.25) is 28.8 Å². The van der Waals surface area contributed by atoms with Gasteiger partial charge in [0.25, 0.3) is 5.91 Å². The van der Waals surface area contributed by atoms with Crippen molar-refractivity contribution >= 4 is 35.6 Å². The molecular formula is C18H28N2O10. The lowest BCUT2D eigenvalue weighted by molar-refractivity contribution is -0.199. The van der Waals surface area contributed by atoms with Crippen LogP contribution in [0.1, 0.15) is 34.6 Å². The quantitative estimate of drug-likeness (QED) is 0.213. The fourth-order valence-corrected chi connectivity index (χ4v) is 2.41. The van der Waals surface area contributed by atoms with E-state index in [1.54, 1.807) is 7.05 Å². The molecule has 0 rings (SSSR count). The number of hydrogen-bond acceptors (Lipinski definition) is 11. The molecule has 0 aliphatic carbocycles. The number of hydrogen-bond donors (Lipinski definition) is 2. The highest BCUT2D eigenvalue weighted by molar-refractivity contribution is 5.87. The summed E-state index contributed by atoms with van der Waals surface area (Å²) in [6.45, 7) is 5.55. The Bertz CT molecular complexity index is 663. The molecular weight excluding hydrogens is 404 g/mol. The highest BCUT2D eigenvalue weighted by Gasteiger charge is 2.47. The topological polar surface area (TPSA) is 163 Å². The van der Waals surface area contributed by atoms with E-state index in [4.69, 9.17) is 18.9 Å². The van der Waals surface area contributed by atoms with Crippen LogP contribution in [0.3, 0.4) is 0 Å². The molecule has 12 nitrogen and oxygen atoms in total. The van der Waals surface area contributed by atoms with Gasteiger partial charge in [0.1, 0.15) is 0 Å². The number of nitrogens with one attached hydrogen (secondary N) is 2. The van der Waals surface area contributed by atoms with Crippen LogP contribution in [-0.4, -0.2) is 80.1 Å². The van der Waals surface area contributed by atoms with Gasteiger partial charge in [0.15, 0.2) is 24.1 Å². The van der Waals surface area contributed by atoms with Crippen molar-refractivity contribution in [3.63, 3.8) is 0 Å². The van der Waals surface area contributed by atoms with Gasteiger partial charge < -0.3 is 29.6 Å². The van der Waals surface area contributed by atoms with Crippen LogP contribution in [0.25, 0.3) is 0 Å². The average Bonchev–Trinajstić information content (AvgIpc) is 2.60. The number of amides is 1. The van der Waals surface area contributed by atoms with Crippen LogP contribution in [0.5, 0.6) is 0 Å². The Morgan fingerprint density at radius 2 is 1.03 bits per heavy atom. The van der Waals surface area contributed by atoms with Crippen LogP contribution in [-0.2, 0) is 47.7 Å². The van der Waals surface area contributed by atoms with Crippen LogP contribution >= 0.6 is 0 Å². The summed E-state index contributed by atoms with van der Waals surface area (Å²) in [5.41, 5.74) is 0. The first kappa shape index (κ1) is 27.0. The Hall–Kier alpha value is -3.02. The third-order valence-electron chi connectivity index (χ3n) is 3.44. The minimum Gasteiger partial charge on any atom is -0.454 e. The molecule has 0 aromatic carbocycles. The number of esters is 4. The van der Waals surface area contributed by atoms with Crippen molar-refractivity contribution in [2.75, 3.05) is 20.1 Å². The van der Waals surface area contributed by atoms with E-state index in [2.05, 4.69) is 10.6 Å². The van der Waals surface area contributed by atoms with Crippen molar-refractivity contribution < 1.29 is 47.7 Å². The Kier molecular flexibility index (Phi) is 11.9. The van der Waals surface area contributed by atoms with Gasteiger partial charge in [-0.05, 0) is 14.0 Å². The summed E-state index contributed by atoms with van der Waals surface area (Å²) >= 11 is 0. The first-order valence-electron chi connectivity index (χ1n) is 9.02. The molecule has 0 saturated heterocycles. The summed E-state index contributed by atoms with van der Waals surface area (Å²) in [5, 5.41) is 5.25. The lowest BCUT2D eigenvalue weighted by Gasteiger charge is -2.34. The SMILES string of the molecule is CNCCNC(=O)[C@H](OC(C)=O)[C@@H](OC(C)=O)[C@H](OC(C)=O)[C@H](OC(C)=O)C(C)=O. The Balaban J connectivity index is 6.28. The molecule has 0 aliphatic heterocycles. The summed E-state index contributed by atoms with van der Waals surface area (Å²) in [5.74, 6) is -5.29. The number of carbonyl (C=O) groups excluding carboxylic acids is 6. The van der Waals surface area contributed by atoms with Gasteiger partial charge in [-0.25, -0.2) is 0 Å². The molecule has 170 valence electrons. The predicted molar refractivity (Wildman–Crippen MR) is 99.8 cm³/mol. The van der Waals surface area contributed by atoms with Crippen molar-refractivity contribution in [2.45, 2.75) is 59.0 Å². The largest absolute Gasteiger partial charge is 0.454 e. The maximum absolute atomic E-state index is 12.6. The standard InChI is InChI=1S/C18H28N2O10/c1-9(21)14(27-10(2)22)15(28-11(3)23)16(29-12(4)24)17(30-13(5)25)18(26)20-8-7-19-6/h14-17,19H,7-8H2,1-6H3,(H,20,26)/t14-,15-,16+,17-/m1/s1. The average molecular weight is 432 g/mol. The highest BCUT2D eigenvalue weighted by Crippen LogP contribution is 2.20. The van der Waals surface area contributed by atoms with E-state index >= 15 is 0 Å². The summed E-state index contributed by atoms with van der Waals surface area (Å²) in [4.78, 5) is 71.1. The fraction of sp³-hybridized carbons (Fsp3) is 0.667. The lowest BCUT2D eigenvalue weighted by Crippen LogP contribution is -2.57. The number of likely N-dealkylation sites (N-methyl/N-ethyl adjacent to an activating group) is 1. The van der Waals surface area contributed by atoms with Crippen LogP contribution in [0.4, 0.5) is 0 Å². The van der Waals surface area contributed by atoms with E-state index in [0.29, 0.717) is 6.54 Å². The Morgan fingerprint density at radius 1 is 0.633 bits per heavy atom. The fourth-order valence-electron chi connectivity index (χ4n) is 2.41. The zero-order chi connectivity index (χ0) is 23.4. The van der Waals surface area contributed by atoms with Crippen molar-refractivity contribution in [1.82, 2.24) is 10.6 Å². The molecule has 0 radical (unpaired) electrons. The molecule has 12 heteroatoms. The molecule has 2 N–H and O–H groups in total. The molecule has 0 spiro atoms. The van der Waals surface area contributed by atoms with E-state index in [1.165, 1.54) is 0 Å². The summed E-state index contributed by atoms with van der Waals surface area (Å²) < 4.78 is 20.1. The summed E-state index contributed by atoms with van der Waals surface area (Å²) in [7, 11) is 1.64. The van der Waals surface area contributed by atoms with E-state index in [1.807, 2.05) is 0 Å². The summed E-state index contributed by atoms with van der Waals surface area (Å²) in [6.07, 6.45) is -7.06. The van der Waals surface area contributed by atoms with Gasteiger partial charge in [0.2, 0.25) is 6.10 Å². The van der Waals surface area contributed by atoms with Crippen LogP contribution < -0.4 is 10.6 Å². The number of ketones is 1. The first-order valence-corrected chi connectivity index (χ1v) is 9.02. The van der Waals surface area contributed by atoms with Gasteiger partial charge in [0.05, 0.1) is 0 Å². The molecule has 0 saturated carbocycles. The van der Waals surface area contributed by atoms with E-state index in [9.17, 15) is 28.8 Å². The van der Waals surface area contributed by atoms with Crippen molar-refractivity contribution in [3.8, 4) is 0 Å². The minimum atomic E-state index is -1.80. The second-order valence-electron chi connectivity index (χ2n) is 6.21. The molecule has 0 bridgehead atoms. The van der Waals surface area contributed by atoms with E-state index in [0.717, 1.165) is 34.6 Å². The first-order chi connectivity index (χ1) is 13.9. The minimum absolute atomic E-state index is 0.123. The van der Waals surface area contributed by atoms with Crippen molar-refractivity contribution in [1.29, 1.82) is 0 Å². The maximum atomic E-state index is 12.6. The highest BCUT2D eigenvalue weighted by atomic mass is 16.6. The molecule has 0 fully saturated rings. The second kappa shape index (κ2) is 13.2. The van der Waals surface area contributed by atoms with Gasteiger partial charge in [0, 0.05) is 40.8 Å². The normalized spacial score (nSPS) is 14.3.